The molecule has 1 unspecified atom stereocenters. The molecule has 4 N–H and O–H groups in total. The van der Waals surface area contributed by atoms with Crippen molar-refractivity contribution in [2.24, 2.45) is 5.73 Å². The van der Waals surface area contributed by atoms with E-state index < -0.39 is 6.03 Å². The van der Waals surface area contributed by atoms with Gasteiger partial charge in [0.1, 0.15) is 5.75 Å². The van der Waals surface area contributed by atoms with E-state index in [4.69, 9.17) is 10.5 Å². The minimum Gasteiger partial charge on any atom is -0.496 e. The van der Waals surface area contributed by atoms with Gasteiger partial charge in [0.2, 0.25) is 0 Å². The number of amides is 2. The van der Waals surface area contributed by atoms with Crippen LogP contribution in [0, 0.1) is 0 Å². The van der Waals surface area contributed by atoms with Gasteiger partial charge in [0.15, 0.2) is 0 Å². The monoisotopic (exact) mass is 285 g/mol. The van der Waals surface area contributed by atoms with E-state index in [0.717, 1.165) is 17.0 Å². The van der Waals surface area contributed by atoms with Crippen LogP contribution in [0.2, 0.25) is 0 Å². The van der Waals surface area contributed by atoms with E-state index in [2.05, 4.69) is 17.6 Å². The lowest BCUT2D eigenvalue weighted by Crippen LogP contribution is -2.19. The highest BCUT2D eigenvalue weighted by atomic mass is 16.5. The number of ether oxygens (including phenoxy) is 1. The van der Waals surface area contributed by atoms with Crippen molar-refractivity contribution in [3.05, 3.63) is 54.1 Å². The van der Waals surface area contributed by atoms with Crippen LogP contribution in [-0.2, 0) is 0 Å². The number of nitrogens with two attached hydrogens (primary N) is 1. The van der Waals surface area contributed by atoms with Crippen LogP contribution in [0.5, 0.6) is 5.75 Å². The van der Waals surface area contributed by atoms with Gasteiger partial charge < -0.3 is 21.1 Å². The summed E-state index contributed by atoms with van der Waals surface area (Å²) in [6.07, 6.45) is 0. The van der Waals surface area contributed by atoms with E-state index in [9.17, 15) is 4.79 Å². The molecule has 0 aliphatic heterocycles. The molecule has 0 radical (unpaired) electrons. The van der Waals surface area contributed by atoms with Crippen molar-refractivity contribution in [3.8, 4) is 5.75 Å². The molecule has 0 aliphatic rings. The maximum absolute atomic E-state index is 10.8. The second-order valence-electron chi connectivity index (χ2n) is 4.67. The van der Waals surface area contributed by atoms with Crippen LogP contribution >= 0.6 is 0 Å². The summed E-state index contributed by atoms with van der Waals surface area (Å²) >= 11 is 0. The quantitative estimate of drug-likeness (QED) is 0.788. The molecule has 0 aromatic heterocycles. The van der Waals surface area contributed by atoms with Gasteiger partial charge in [0, 0.05) is 16.9 Å². The van der Waals surface area contributed by atoms with E-state index >= 15 is 0 Å². The summed E-state index contributed by atoms with van der Waals surface area (Å²) in [5.41, 5.74) is 7.77. The van der Waals surface area contributed by atoms with Crippen LogP contribution < -0.4 is 21.1 Å². The molecule has 110 valence electrons. The minimum atomic E-state index is -0.571. The number of primary amides is 1. The molecule has 2 aromatic carbocycles. The Labute approximate surface area is 124 Å². The largest absolute Gasteiger partial charge is 0.496 e. The first-order valence-corrected chi connectivity index (χ1v) is 6.66. The predicted molar refractivity (Wildman–Crippen MR) is 84.7 cm³/mol. The fraction of sp³-hybridized carbons (Fsp3) is 0.188. The van der Waals surface area contributed by atoms with Crippen molar-refractivity contribution in [1.82, 2.24) is 0 Å². The van der Waals surface area contributed by atoms with Crippen LogP contribution in [0.15, 0.2) is 48.5 Å². The average Bonchev–Trinajstić information content (AvgIpc) is 2.48. The van der Waals surface area contributed by atoms with E-state index in [1.54, 1.807) is 19.2 Å². The maximum atomic E-state index is 10.8. The number of carbonyl (C=O) groups excluding carboxylic acids is 1. The third kappa shape index (κ3) is 3.89. The highest BCUT2D eigenvalue weighted by Crippen LogP contribution is 2.27. The molecule has 5 heteroatoms. The van der Waals surface area contributed by atoms with Crippen LogP contribution in [-0.4, -0.2) is 13.1 Å². The highest BCUT2D eigenvalue weighted by molar-refractivity contribution is 5.87. The summed E-state index contributed by atoms with van der Waals surface area (Å²) < 4.78 is 5.37. The molecule has 0 spiro atoms. The lowest BCUT2D eigenvalue weighted by atomic mass is 10.1. The van der Waals surface area contributed by atoms with Crippen LogP contribution in [0.3, 0.4) is 0 Å². The molecule has 2 rings (SSSR count). The van der Waals surface area contributed by atoms with Crippen molar-refractivity contribution in [2.45, 2.75) is 13.0 Å². The highest BCUT2D eigenvalue weighted by Gasteiger charge is 2.10. The molecule has 1 atom stereocenters. The van der Waals surface area contributed by atoms with Gasteiger partial charge in [-0.05, 0) is 37.3 Å². The summed E-state index contributed by atoms with van der Waals surface area (Å²) in [7, 11) is 1.66. The van der Waals surface area contributed by atoms with Gasteiger partial charge in [-0.1, -0.05) is 18.2 Å². The van der Waals surface area contributed by atoms with Gasteiger partial charge in [-0.2, -0.15) is 0 Å². The SMILES string of the molecule is COc1ccccc1C(C)Nc1ccc(NC(N)=O)cc1. The van der Waals surface area contributed by atoms with E-state index in [-0.39, 0.29) is 6.04 Å². The number of hydrogen-bond acceptors (Lipinski definition) is 3. The molecule has 0 saturated heterocycles. The standard InChI is InChI=1S/C16H19N3O2/c1-11(14-5-3-4-6-15(14)21-2)18-12-7-9-13(10-8-12)19-16(17)20/h3-11,18H,1-2H3,(H3,17,19,20). The van der Waals surface area contributed by atoms with Gasteiger partial charge in [-0.15, -0.1) is 0 Å². The maximum Gasteiger partial charge on any atom is 0.316 e. The molecule has 5 nitrogen and oxygen atoms in total. The summed E-state index contributed by atoms with van der Waals surface area (Å²) in [5, 5.41) is 5.92. The fourth-order valence-electron chi connectivity index (χ4n) is 2.14. The number of benzene rings is 2. The molecule has 0 aliphatic carbocycles. The molecular formula is C16H19N3O2. The smallest absolute Gasteiger partial charge is 0.316 e. The summed E-state index contributed by atoms with van der Waals surface area (Å²) in [4.78, 5) is 10.8. The van der Waals surface area contributed by atoms with Crippen molar-refractivity contribution < 1.29 is 9.53 Å². The Bertz CT molecular complexity index is 611. The molecule has 2 amide bonds. The third-order valence-electron chi connectivity index (χ3n) is 3.14. The molecule has 0 heterocycles. The topological polar surface area (TPSA) is 76.4 Å². The predicted octanol–water partition coefficient (Wildman–Crippen LogP) is 3.36. The number of hydrogen-bond donors (Lipinski definition) is 3. The van der Waals surface area contributed by atoms with Gasteiger partial charge in [0.05, 0.1) is 13.2 Å². The molecule has 21 heavy (non-hydrogen) atoms. The zero-order valence-corrected chi connectivity index (χ0v) is 12.1. The second kappa shape index (κ2) is 6.65. The third-order valence-corrected chi connectivity index (χ3v) is 3.14. The Morgan fingerprint density at radius 1 is 1.10 bits per heavy atom. The summed E-state index contributed by atoms with van der Waals surface area (Å²) in [6, 6.07) is 14.8. The lowest BCUT2D eigenvalue weighted by Gasteiger charge is -2.18. The number of urea groups is 1. The molecule has 0 fully saturated rings. The Morgan fingerprint density at radius 2 is 1.71 bits per heavy atom. The van der Waals surface area contributed by atoms with E-state index in [1.165, 1.54) is 0 Å². The molecule has 2 aromatic rings. The van der Waals surface area contributed by atoms with Crippen molar-refractivity contribution in [2.75, 3.05) is 17.7 Å². The Balaban J connectivity index is 2.08. The zero-order chi connectivity index (χ0) is 15.2. The number of anilines is 2. The van der Waals surface area contributed by atoms with Crippen LogP contribution in [0.4, 0.5) is 16.2 Å². The van der Waals surface area contributed by atoms with Crippen molar-refractivity contribution in [3.63, 3.8) is 0 Å². The number of para-hydroxylation sites is 1. The van der Waals surface area contributed by atoms with Gasteiger partial charge >= 0.3 is 6.03 Å². The Morgan fingerprint density at radius 3 is 2.33 bits per heavy atom. The van der Waals surface area contributed by atoms with Gasteiger partial charge in [0.25, 0.3) is 0 Å². The second-order valence-corrected chi connectivity index (χ2v) is 4.67. The first kappa shape index (κ1) is 14.7. The number of methoxy groups -OCH3 is 1. The summed E-state index contributed by atoms with van der Waals surface area (Å²) in [5.74, 6) is 0.851. The average molecular weight is 285 g/mol. The van der Waals surface area contributed by atoms with E-state index in [0.29, 0.717) is 5.69 Å². The number of rotatable bonds is 5. The zero-order valence-electron chi connectivity index (χ0n) is 12.1. The van der Waals surface area contributed by atoms with Gasteiger partial charge in [-0.25, -0.2) is 4.79 Å². The Kier molecular flexibility index (Phi) is 4.66. The molecule has 0 bridgehead atoms. The fourth-order valence-corrected chi connectivity index (χ4v) is 2.14. The van der Waals surface area contributed by atoms with Crippen LogP contribution in [0.1, 0.15) is 18.5 Å². The Hall–Kier alpha value is -2.69. The molecular weight excluding hydrogens is 266 g/mol. The molecule has 0 saturated carbocycles. The minimum absolute atomic E-state index is 0.0936. The van der Waals surface area contributed by atoms with E-state index in [1.807, 2.05) is 36.4 Å². The first-order chi connectivity index (χ1) is 10.1. The number of carbonyl (C=O) groups is 1. The summed E-state index contributed by atoms with van der Waals surface area (Å²) in [6.45, 7) is 2.06. The first-order valence-electron chi connectivity index (χ1n) is 6.66. The van der Waals surface area contributed by atoms with Crippen molar-refractivity contribution in [1.29, 1.82) is 0 Å². The lowest BCUT2D eigenvalue weighted by molar-refractivity contribution is 0.259. The van der Waals surface area contributed by atoms with Crippen LogP contribution in [0.25, 0.3) is 0 Å². The van der Waals surface area contributed by atoms with Gasteiger partial charge in [-0.3, -0.25) is 0 Å². The number of nitrogens with one attached hydrogen (secondary N) is 2. The normalized spacial score (nSPS) is 11.5. The van der Waals surface area contributed by atoms with Crippen molar-refractivity contribution >= 4 is 17.4 Å².